The number of amides is 1. The van der Waals surface area contributed by atoms with E-state index < -0.39 is 17.9 Å². The molecule has 1 amide bonds. The first kappa shape index (κ1) is 22.9. The minimum Gasteiger partial charge on any atom is -0.481 e. The fraction of sp³-hybridized carbons (Fsp3) is 0.318. The van der Waals surface area contributed by atoms with E-state index in [9.17, 15) is 14.4 Å². The number of hydrogen-bond donors (Lipinski definition) is 3. The lowest BCUT2D eigenvalue weighted by molar-refractivity contribution is -0.141. The number of rotatable bonds is 8. The molecule has 2 rings (SSSR count). The second-order valence-corrected chi connectivity index (χ2v) is 6.50. The molecule has 2 aromatic rings. The number of carbonyl (C=O) groups excluding carboxylic acids is 1. The van der Waals surface area contributed by atoms with Crippen LogP contribution in [0.4, 0.5) is 0 Å². The van der Waals surface area contributed by atoms with Crippen molar-refractivity contribution in [3.05, 3.63) is 60.2 Å². The van der Waals surface area contributed by atoms with E-state index in [4.69, 9.17) is 10.2 Å². The standard InChI is InChI=1S/C13H12.C9H15NO5/c1-11-7-9-13(10-8-11)12-5-3-2-4-6-12;1-6(9(14)15)4-5-10-7(11)2-3-8(12)13/h2-10H,1H3;6H,2-5H2,1H3,(H,10,11)(H,12,13)(H,14,15). The van der Waals surface area contributed by atoms with Crippen molar-refractivity contribution < 1.29 is 24.6 Å². The first-order valence-corrected chi connectivity index (χ1v) is 9.13. The summed E-state index contributed by atoms with van der Waals surface area (Å²) in [5.74, 6) is -2.81. The van der Waals surface area contributed by atoms with Crippen molar-refractivity contribution in [2.24, 2.45) is 5.92 Å². The van der Waals surface area contributed by atoms with Gasteiger partial charge in [-0.3, -0.25) is 14.4 Å². The molecule has 0 aliphatic carbocycles. The van der Waals surface area contributed by atoms with E-state index in [0.717, 1.165) is 0 Å². The number of carboxylic acids is 2. The third kappa shape index (κ3) is 9.52. The van der Waals surface area contributed by atoms with E-state index in [1.807, 2.05) is 6.07 Å². The van der Waals surface area contributed by atoms with Crippen LogP contribution >= 0.6 is 0 Å². The van der Waals surface area contributed by atoms with Gasteiger partial charge in [0.15, 0.2) is 0 Å². The predicted octanol–water partition coefficient (Wildman–Crippen LogP) is 3.74. The lowest BCUT2D eigenvalue weighted by atomic mass is 10.0. The van der Waals surface area contributed by atoms with Gasteiger partial charge in [-0.2, -0.15) is 0 Å². The summed E-state index contributed by atoms with van der Waals surface area (Å²) in [6.07, 6.45) is 0.0608. The normalized spacial score (nSPS) is 10.9. The molecule has 28 heavy (non-hydrogen) atoms. The maximum absolute atomic E-state index is 11.0. The molecule has 150 valence electrons. The van der Waals surface area contributed by atoms with Crippen LogP contribution < -0.4 is 5.32 Å². The van der Waals surface area contributed by atoms with Crippen LogP contribution in [-0.2, 0) is 14.4 Å². The molecule has 0 aliphatic rings. The highest BCUT2D eigenvalue weighted by molar-refractivity contribution is 5.80. The summed E-state index contributed by atoms with van der Waals surface area (Å²) in [4.78, 5) is 31.5. The second kappa shape index (κ2) is 12.3. The average Bonchev–Trinajstić information content (AvgIpc) is 2.68. The number of aliphatic carboxylic acids is 2. The van der Waals surface area contributed by atoms with Crippen molar-refractivity contribution in [2.75, 3.05) is 6.54 Å². The summed E-state index contributed by atoms with van der Waals surface area (Å²) in [5.41, 5.74) is 3.87. The van der Waals surface area contributed by atoms with E-state index >= 15 is 0 Å². The molecule has 0 aromatic heterocycles. The van der Waals surface area contributed by atoms with Gasteiger partial charge in [0.2, 0.25) is 5.91 Å². The van der Waals surface area contributed by atoms with Crippen LogP contribution in [0.3, 0.4) is 0 Å². The number of hydrogen-bond acceptors (Lipinski definition) is 3. The maximum Gasteiger partial charge on any atom is 0.306 e. The zero-order valence-electron chi connectivity index (χ0n) is 16.2. The SMILES string of the molecule is CC(CCNC(=O)CCC(=O)O)C(=O)O.Cc1ccc(-c2ccccc2)cc1. The summed E-state index contributed by atoms with van der Waals surface area (Å²) >= 11 is 0. The van der Waals surface area contributed by atoms with Crippen LogP contribution in [0.2, 0.25) is 0 Å². The Morgan fingerprint density at radius 2 is 1.46 bits per heavy atom. The van der Waals surface area contributed by atoms with Crippen LogP contribution in [0.5, 0.6) is 0 Å². The molecule has 0 radical (unpaired) electrons. The molecule has 6 nitrogen and oxygen atoms in total. The lowest BCUT2D eigenvalue weighted by Gasteiger charge is -2.06. The number of carboxylic acid groups (broad SMARTS) is 2. The summed E-state index contributed by atoms with van der Waals surface area (Å²) in [6, 6.07) is 19.0. The van der Waals surface area contributed by atoms with E-state index in [0.29, 0.717) is 6.42 Å². The highest BCUT2D eigenvalue weighted by Gasteiger charge is 2.11. The molecule has 0 saturated heterocycles. The Bertz CT molecular complexity index is 756. The number of carbonyl (C=O) groups is 3. The van der Waals surface area contributed by atoms with Crippen LogP contribution in [0.25, 0.3) is 11.1 Å². The summed E-state index contributed by atoms with van der Waals surface area (Å²) in [5, 5.41) is 19.3. The van der Waals surface area contributed by atoms with Crippen LogP contribution in [-0.4, -0.2) is 34.6 Å². The number of aryl methyl sites for hydroxylation is 1. The predicted molar refractivity (Wildman–Crippen MR) is 108 cm³/mol. The summed E-state index contributed by atoms with van der Waals surface area (Å²) in [7, 11) is 0. The topological polar surface area (TPSA) is 104 Å². The average molecular weight is 385 g/mol. The van der Waals surface area contributed by atoms with Crippen LogP contribution in [0.1, 0.15) is 31.7 Å². The van der Waals surface area contributed by atoms with Gasteiger partial charge in [-0.15, -0.1) is 0 Å². The fourth-order valence-electron chi connectivity index (χ4n) is 2.24. The van der Waals surface area contributed by atoms with E-state index in [2.05, 4.69) is 60.8 Å². The molecule has 0 heterocycles. The Labute approximate surface area is 165 Å². The van der Waals surface area contributed by atoms with Crippen molar-refractivity contribution in [1.82, 2.24) is 5.32 Å². The summed E-state index contributed by atoms with van der Waals surface area (Å²) < 4.78 is 0. The van der Waals surface area contributed by atoms with Gasteiger partial charge in [0.25, 0.3) is 0 Å². The zero-order chi connectivity index (χ0) is 20.9. The van der Waals surface area contributed by atoms with E-state index in [1.54, 1.807) is 6.92 Å². The quantitative estimate of drug-likeness (QED) is 0.642. The van der Waals surface area contributed by atoms with Crippen molar-refractivity contribution >= 4 is 17.8 Å². The zero-order valence-corrected chi connectivity index (χ0v) is 16.2. The Kier molecular flexibility index (Phi) is 10.0. The van der Waals surface area contributed by atoms with Gasteiger partial charge in [-0.1, -0.05) is 67.1 Å². The highest BCUT2D eigenvalue weighted by atomic mass is 16.4. The van der Waals surface area contributed by atoms with Crippen molar-refractivity contribution in [2.45, 2.75) is 33.1 Å². The molecule has 0 fully saturated rings. The molecule has 1 atom stereocenters. The largest absolute Gasteiger partial charge is 0.481 e. The molecular weight excluding hydrogens is 358 g/mol. The third-order valence-corrected chi connectivity index (χ3v) is 4.05. The van der Waals surface area contributed by atoms with Gasteiger partial charge in [0.05, 0.1) is 12.3 Å². The van der Waals surface area contributed by atoms with Crippen molar-refractivity contribution in [3.8, 4) is 11.1 Å². The molecule has 3 N–H and O–H groups in total. The highest BCUT2D eigenvalue weighted by Crippen LogP contribution is 2.18. The van der Waals surface area contributed by atoms with Crippen LogP contribution in [0, 0.1) is 12.8 Å². The van der Waals surface area contributed by atoms with Gasteiger partial charge < -0.3 is 15.5 Å². The van der Waals surface area contributed by atoms with Gasteiger partial charge >= 0.3 is 11.9 Å². The maximum atomic E-state index is 11.0. The molecule has 0 bridgehead atoms. The van der Waals surface area contributed by atoms with Gasteiger partial charge in [0, 0.05) is 13.0 Å². The second-order valence-electron chi connectivity index (χ2n) is 6.50. The first-order valence-electron chi connectivity index (χ1n) is 9.13. The Balaban J connectivity index is 0.000000281. The Morgan fingerprint density at radius 1 is 0.893 bits per heavy atom. The minimum atomic E-state index is -1.02. The smallest absolute Gasteiger partial charge is 0.306 e. The molecule has 6 heteroatoms. The van der Waals surface area contributed by atoms with Crippen molar-refractivity contribution in [1.29, 1.82) is 0 Å². The number of benzene rings is 2. The fourth-order valence-corrected chi connectivity index (χ4v) is 2.24. The van der Waals surface area contributed by atoms with Crippen LogP contribution in [0.15, 0.2) is 54.6 Å². The monoisotopic (exact) mass is 385 g/mol. The molecule has 0 saturated carbocycles. The van der Waals surface area contributed by atoms with Gasteiger partial charge in [0.1, 0.15) is 0 Å². The molecule has 2 aromatic carbocycles. The first-order chi connectivity index (χ1) is 13.3. The van der Waals surface area contributed by atoms with E-state index in [-0.39, 0.29) is 25.3 Å². The molecular formula is C22H27NO5. The van der Waals surface area contributed by atoms with Gasteiger partial charge in [-0.05, 0) is 24.5 Å². The molecule has 0 aliphatic heterocycles. The number of nitrogens with one attached hydrogen (secondary N) is 1. The lowest BCUT2D eigenvalue weighted by Crippen LogP contribution is -2.27. The minimum absolute atomic E-state index is 0.0726. The Hall–Kier alpha value is -3.15. The van der Waals surface area contributed by atoms with Crippen molar-refractivity contribution in [3.63, 3.8) is 0 Å². The van der Waals surface area contributed by atoms with Gasteiger partial charge in [-0.25, -0.2) is 0 Å². The third-order valence-electron chi connectivity index (χ3n) is 4.05. The van der Waals surface area contributed by atoms with E-state index in [1.165, 1.54) is 16.7 Å². The summed E-state index contributed by atoms with van der Waals surface area (Å²) in [6.45, 7) is 3.91. The molecule has 0 spiro atoms. The molecule has 1 unspecified atom stereocenters. The Morgan fingerprint density at radius 3 is 2.00 bits per heavy atom.